The average Bonchev–Trinajstić information content (AvgIpc) is 2.89. The van der Waals surface area contributed by atoms with Crippen LogP contribution in [0.25, 0.3) is 0 Å². The Hall–Kier alpha value is -2.43. The molecule has 2 amide bonds. The van der Waals surface area contributed by atoms with Gasteiger partial charge < -0.3 is 10.2 Å². The lowest BCUT2D eigenvalue weighted by molar-refractivity contribution is -0.132. The summed E-state index contributed by atoms with van der Waals surface area (Å²) in [6.45, 7) is 0.739. The molecule has 3 aromatic carbocycles. The Morgan fingerprint density at radius 3 is 2.19 bits per heavy atom. The number of nitrogens with zero attached hydrogens (tertiary/aromatic N) is 2. The molecule has 1 N–H and O–H groups in total. The van der Waals surface area contributed by atoms with Crippen molar-refractivity contribution >= 4 is 61.0 Å². The summed E-state index contributed by atoms with van der Waals surface area (Å²) in [4.78, 5) is 27.8. The molecule has 1 fully saturated rings. The number of nitrogens with one attached hydrogen (secondary N) is 1. The number of sulfonamides is 1. The molecule has 0 aromatic heterocycles. The molecule has 11 heteroatoms. The van der Waals surface area contributed by atoms with E-state index in [1.54, 1.807) is 35.2 Å². The Morgan fingerprint density at radius 2 is 1.54 bits per heavy atom. The van der Waals surface area contributed by atoms with Gasteiger partial charge in [-0.15, -0.1) is 0 Å². The Balaban J connectivity index is 1.44. The summed E-state index contributed by atoms with van der Waals surface area (Å²) < 4.78 is 28.2. The van der Waals surface area contributed by atoms with Crippen LogP contribution in [0.15, 0.2) is 82.2 Å². The average molecular weight is 625 g/mol. The van der Waals surface area contributed by atoms with Gasteiger partial charge in [0.2, 0.25) is 15.9 Å². The zero-order valence-corrected chi connectivity index (χ0v) is 23.5. The summed E-state index contributed by atoms with van der Waals surface area (Å²) >= 11 is 15.6. The van der Waals surface area contributed by atoms with E-state index in [2.05, 4.69) is 21.2 Å². The maximum Gasteiger partial charge on any atom is 0.253 e. The number of carbonyl (C=O) groups excluding carboxylic acids is 2. The zero-order chi connectivity index (χ0) is 26.6. The summed E-state index contributed by atoms with van der Waals surface area (Å²) in [5.41, 5.74) is 1.10. The molecule has 4 rings (SSSR count). The first-order chi connectivity index (χ1) is 17.7. The lowest BCUT2D eigenvalue weighted by Gasteiger charge is -2.35. The first-order valence-corrected chi connectivity index (χ1v) is 14.5. The van der Waals surface area contributed by atoms with Gasteiger partial charge in [-0.3, -0.25) is 9.59 Å². The molecule has 1 aliphatic rings. The summed E-state index contributed by atoms with van der Waals surface area (Å²) in [7, 11) is -3.80. The van der Waals surface area contributed by atoms with Gasteiger partial charge in [0, 0.05) is 30.7 Å². The SMILES string of the molecule is O=C(NC(CC(=O)N1CCN(S(=O)(=O)c2ccc(Br)cc2Cl)CC1)c1ccccc1)c1ccccc1Cl. The number of hydrogen-bond acceptors (Lipinski definition) is 4. The molecular formula is C26H24BrCl2N3O4S. The van der Waals surface area contributed by atoms with Crippen LogP contribution in [0.3, 0.4) is 0 Å². The van der Waals surface area contributed by atoms with Gasteiger partial charge in [0.05, 0.1) is 28.1 Å². The third kappa shape index (κ3) is 6.53. The number of carbonyl (C=O) groups is 2. The maximum atomic E-state index is 13.2. The molecule has 194 valence electrons. The molecule has 0 radical (unpaired) electrons. The van der Waals surface area contributed by atoms with E-state index >= 15 is 0 Å². The fourth-order valence-electron chi connectivity index (χ4n) is 4.12. The van der Waals surface area contributed by atoms with Crippen LogP contribution in [0.5, 0.6) is 0 Å². The molecule has 3 aromatic rings. The minimum Gasteiger partial charge on any atom is -0.345 e. The predicted octanol–water partition coefficient (Wildman–Crippen LogP) is 5.15. The monoisotopic (exact) mass is 623 g/mol. The molecule has 1 aliphatic heterocycles. The van der Waals surface area contributed by atoms with Crippen LogP contribution in [0.4, 0.5) is 0 Å². The second kappa shape index (κ2) is 12.0. The largest absolute Gasteiger partial charge is 0.345 e. The smallest absolute Gasteiger partial charge is 0.253 e. The Bertz CT molecular complexity index is 1400. The van der Waals surface area contributed by atoms with E-state index in [9.17, 15) is 18.0 Å². The minimum absolute atomic E-state index is 0.0193. The molecule has 0 saturated carbocycles. The molecule has 0 bridgehead atoms. The second-order valence-corrected chi connectivity index (χ2v) is 12.1. The van der Waals surface area contributed by atoms with Gasteiger partial charge in [-0.1, -0.05) is 81.6 Å². The predicted molar refractivity (Wildman–Crippen MR) is 147 cm³/mol. The Morgan fingerprint density at radius 1 is 0.892 bits per heavy atom. The second-order valence-electron chi connectivity index (χ2n) is 8.48. The van der Waals surface area contributed by atoms with E-state index < -0.39 is 16.1 Å². The van der Waals surface area contributed by atoms with Crippen LogP contribution >= 0.6 is 39.1 Å². The highest BCUT2D eigenvalue weighted by atomic mass is 79.9. The van der Waals surface area contributed by atoms with Crippen molar-refractivity contribution in [2.45, 2.75) is 17.4 Å². The van der Waals surface area contributed by atoms with Crippen LogP contribution in [-0.2, 0) is 14.8 Å². The van der Waals surface area contributed by atoms with Gasteiger partial charge in [0.1, 0.15) is 4.90 Å². The number of piperazine rings is 1. The van der Waals surface area contributed by atoms with Crippen molar-refractivity contribution in [3.63, 3.8) is 0 Å². The molecule has 1 unspecified atom stereocenters. The summed E-state index contributed by atoms with van der Waals surface area (Å²) in [6, 6.07) is 20.0. The number of halogens is 3. The first kappa shape index (κ1) is 27.6. The number of benzene rings is 3. The van der Waals surface area contributed by atoms with Crippen molar-refractivity contribution < 1.29 is 18.0 Å². The highest BCUT2D eigenvalue weighted by molar-refractivity contribution is 9.10. The van der Waals surface area contributed by atoms with E-state index in [1.165, 1.54) is 16.4 Å². The van der Waals surface area contributed by atoms with E-state index in [0.717, 1.165) is 5.56 Å². The first-order valence-electron chi connectivity index (χ1n) is 11.5. The molecule has 1 atom stereocenters. The van der Waals surface area contributed by atoms with Crippen molar-refractivity contribution in [3.05, 3.63) is 98.4 Å². The highest BCUT2D eigenvalue weighted by Gasteiger charge is 2.32. The Labute approximate surface area is 234 Å². The quantitative estimate of drug-likeness (QED) is 0.394. The van der Waals surface area contributed by atoms with Gasteiger partial charge in [-0.25, -0.2) is 8.42 Å². The molecule has 7 nitrogen and oxygen atoms in total. The van der Waals surface area contributed by atoms with Crippen molar-refractivity contribution in [1.29, 1.82) is 0 Å². The number of rotatable bonds is 7. The van der Waals surface area contributed by atoms with Crippen molar-refractivity contribution in [2.75, 3.05) is 26.2 Å². The van der Waals surface area contributed by atoms with Gasteiger partial charge in [0.25, 0.3) is 5.91 Å². The molecule has 1 heterocycles. The van der Waals surface area contributed by atoms with Crippen molar-refractivity contribution in [2.24, 2.45) is 0 Å². The normalized spacial score (nSPS) is 15.3. The van der Waals surface area contributed by atoms with Gasteiger partial charge in [-0.2, -0.15) is 4.31 Å². The van der Waals surface area contributed by atoms with Crippen LogP contribution in [0.2, 0.25) is 10.0 Å². The van der Waals surface area contributed by atoms with Gasteiger partial charge in [-0.05, 0) is 35.9 Å². The van der Waals surface area contributed by atoms with E-state index in [1.807, 2.05) is 30.3 Å². The van der Waals surface area contributed by atoms with Crippen LogP contribution < -0.4 is 5.32 Å². The third-order valence-corrected chi connectivity index (χ3v) is 9.31. The van der Waals surface area contributed by atoms with Gasteiger partial charge >= 0.3 is 0 Å². The van der Waals surface area contributed by atoms with E-state index in [4.69, 9.17) is 23.2 Å². The van der Waals surface area contributed by atoms with Crippen LogP contribution in [0.1, 0.15) is 28.4 Å². The third-order valence-electron chi connectivity index (χ3n) is 6.11. The molecule has 0 aliphatic carbocycles. The molecule has 37 heavy (non-hydrogen) atoms. The highest BCUT2D eigenvalue weighted by Crippen LogP contribution is 2.29. The minimum atomic E-state index is -3.80. The topological polar surface area (TPSA) is 86.8 Å². The van der Waals surface area contributed by atoms with Crippen molar-refractivity contribution in [3.8, 4) is 0 Å². The van der Waals surface area contributed by atoms with Crippen LogP contribution in [-0.4, -0.2) is 55.6 Å². The molecular weight excluding hydrogens is 601 g/mol. The zero-order valence-electron chi connectivity index (χ0n) is 19.6. The maximum absolute atomic E-state index is 13.2. The summed E-state index contributed by atoms with van der Waals surface area (Å²) in [5, 5.41) is 3.38. The summed E-state index contributed by atoms with van der Waals surface area (Å²) in [6.07, 6.45) is 0.0193. The fourth-order valence-corrected chi connectivity index (χ4v) is 6.78. The van der Waals surface area contributed by atoms with Crippen LogP contribution in [0, 0.1) is 0 Å². The molecule has 1 saturated heterocycles. The molecule has 0 spiro atoms. The Kier molecular flexibility index (Phi) is 8.92. The van der Waals surface area contributed by atoms with E-state index in [0.29, 0.717) is 15.1 Å². The van der Waals surface area contributed by atoms with Crippen molar-refractivity contribution in [1.82, 2.24) is 14.5 Å². The number of hydrogen-bond donors (Lipinski definition) is 1. The fraction of sp³-hybridized carbons (Fsp3) is 0.231. The standard InChI is InChI=1S/C26H24BrCl2N3O4S/c27-19-10-11-24(22(29)16-19)37(35,36)32-14-12-31(13-15-32)25(33)17-23(18-6-2-1-3-7-18)30-26(34)20-8-4-5-9-21(20)28/h1-11,16,23H,12-15,17H2,(H,30,34). The van der Waals surface area contributed by atoms with Gasteiger partial charge in [0.15, 0.2) is 0 Å². The van der Waals surface area contributed by atoms with E-state index in [-0.39, 0.29) is 54.3 Å². The lowest BCUT2D eigenvalue weighted by atomic mass is 10.0. The summed E-state index contributed by atoms with van der Waals surface area (Å²) in [5.74, 6) is -0.568. The number of amides is 2. The lowest BCUT2D eigenvalue weighted by Crippen LogP contribution is -2.51.